The molecule has 1 amide bonds. The van der Waals surface area contributed by atoms with Crippen molar-refractivity contribution in [3.05, 3.63) is 88.7 Å². The van der Waals surface area contributed by atoms with E-state index in [-0.39, 0.29) is 29.4 Å². The van der Waals surface area contributed by atoms with Gasteiger partial charge < -0.3 is 10.1 Å². The molecule has 32 heavy (non-hydrogen) atoms. The third-order valence-corrected chi connectivity index (χ3v) is 6.49. The molecule has 0 saturated carbocycles. The van der Waals surface area contributed by atoms with Gasteiger partial charge in [0, 0.05) is 11.3 Å². The van der Waals surface area contributed by atoms with Crippen molar-refractivity contribution in [1.82, 2.24) is 5.32 Å². The highest BCUT2D eigenvalue weighted by Crippen LogP contribution is 2.22. The number of carbonyl (C=O) groups excluding carboxylic acids is 1. The molecule has 0 aliphatic rings. The molecule has 3 aromatic rings. The van der Waals surface area contributed by atoms with Gasteiger partial charge >= 0.3 is 0 Å². The molecule has 0 heterocycles. The Balaban J connectivity index is 1.66. The summed E-state index contributed by atoms with van der Waals surface area (Å²) < 4.78 is 46.8. The minimum absolute atomic E-state index is 0.0333. The van der Waals surface area contributed by atoms with Gasteiger partial charge in [0.1, 0.15) is 18.2 Å². The van der Waals surface area contributed by atoms with Crippen LogP contribution in [0.2, 0.25) is 0 Å². The molecule has 168 valence electrons. The van der Waals surface area contributed by atoms with Gasteiger partial charge in [-0.3, -0.25) is 9.52 Å². The Morgan fingerprint density at radius 2 is 1.59 bits per heavy atom. The standard InChI is InChI=1S/C24H25FN2O4S/c1-16-5-9-21(14-18(16)3)27-32(29,30)23-15-19(6-4-17(23)2)24(28)26-12-13-31-22-10-7-20(25)8-11-22/h4-11,14-15,27H,12-13H2,1-3H3,(H,26,28). The first-order valence-corrected chi connectivity index (χ1v) is 11.5. The maximum absolute atomic E-state index is 12.9. The van der Waals surface area contributed by atoms with Crippen LogP contribution in [-0.4, -0.2) is 27.5 Å². The zero-order chi connectivity index (χ0) is 23.3. The molecular weight excluding hydrogens is 431 g/mol. The largest absolute Gasteiger partial charge is 0.492 e. The maximum Gasteiger partial charge on any atom is 0.262 e. The fourth-order valence-corrected chi connectivity index (χ4v) is 4.33. The number of hydrogen-bond acceptors (Lipinski definition) is 4. The molecule has 8 heteroatoms. The van der Waals surface area contributed by atoms with Crippen molar-refractivity contribution in [3.8, 4) is 5.75 Å². The predicted octanol–water partition coefficient (Wildman–Crippen LogP) is 4.36. The smallest absolute Gasteiger partial charge is 0.262 e. The third-order valence-electron chi connectivity index (χ3n) is 4.97. The van der Waals surface area contributed by atoms with E-state index in [1.54, 1.807) is 31.2 Å². The Bertz CT molecular complexity index is 1230. The molecular formula is C24H25FN2O4S. The summed E-state index contributed by atoms with van der Waals surface area (Å²) in [5.74, 6) is -0.292. The van der Waals surface area contributed by atoms with E-state index in [0.717, 1.165) is 11.1 Å². The lowest BCUT2D eigenvalue weighted by molar-refractivity contribution is 0.0946. The minimum Gasteiger partial charge on any atom is -0.492 e. The highest BCUT2D eigenvalue weighted by Gasteiger charge is 2.19. The summed E-state index contributed by atoms with van der Waals surface area (Å²) in [5, 5.41) is 2.69. The third kappa shape index (κ3) is 5.85. The van der Waals surface area contributed by atoms with Gasteiger partial charge in [-0.15, -0.1) is 0 Å². The van der Waals surface area contributed by atoms with Gasteiger partial charge in [0.15, 0.2) is 0 Å². The van der Waals surface area contributed by atoms with Crippen LogP contribution in [-0.2, 0) is 10.0 Å². The lowest BCUT2D eigenvalue weighted by atomic mass is 10.1. The van der Waals surface area contributed by atoms with Crippen molar-refractivity contribution < 1.29 is 22.3 Å². The molecule has 0 unspecified atom stereocenters. The number of aryl methyl sites for hydroxylation is 3. The van der Waals surface area contributed by atoms with Crippen LogP contribution >= 0.6 is 0 Å². The second-order valence-electron chi connectivity index (χ2n) is 7.44. The lowest BCUT2D eigenvalue weighted by Gasteiger charge is -2.13. The second-order valence-corrected chi connectivity index (χ2v) is 9.09. The number of amides is 1. The van der Waals surface area contributed by atoms with E-state index in [1.165, 1.54) is 30.3 Å². The average Bonchev–Trinajstić information content (AvgIpc) is 2.75. The van der Waals surface area contributed by atoms with Crippen molar-refractivity contribution in [2.75, 3.05) is 17.9 Å². The van der Waals surface area contributed by atoms with E-state index in [4.69, 9.17) is 4.74 Å². The lowest BCUT2D eigenvalue weighted by Crippen LogP contribution is -2.28. The van der Waals surface area contributed by atoms with Crippen LogP contribution in [0.1, 0.15) is 27.0 Å². The molecule has 0 bridgehead atoms. The molecule has 0 aliphatic heterocycles. The number of benzene rings is 3. The molecule has 0 radical (unpaired) electrons. The first kappa shape index (κ1) is 23.3. The van der Waals surface area contributed by atoms with E-state index in [0.29, 0.717) is 17.0 Å². The molecule has 6 nitrogen and oxygen atoms in total. The van der Waals surface area contributed by atoms with Crippen LogP contribution in [0.15, 0.2) is 65.6 Å². The molecule has 3 rings (SSSR count). The molecule has 0 atom stereocenters. The molecule has 0 spiro atoms. The quantitative estimate of drug-likeness (QED) is 0.493. The van der Waals surface area contributed by atoms with Crippen LogP contribution in [0.5, 0.6) is 5.75 Å². The molecule has 3 aromatic carbocycles. The fourth-order valence-electron chi connectivity index (χ4n) is 3.01. The minimum atomic E-state index is -3.88. The highest BCUT2D eigenvalue weighted by atomic mass is 32.2. The number of rotatable bonds is 8. The van der Waals surface area contributed by atoms with Crippen LogP contribution in [0.4, 0.5) is 10.1 Å². The SMILES string of the molecule is Cc1ccc(NS(=O)(=O)c2cc(C(=O)NCCOc3ccc(F)cc3)ccc2C)cc1C. The summed E-state index contributed by atoms with van der Waals surface area (Å²) in [6, 6.07) is 15.4. The Morgan fingerprint density at radius 3 is 2.28 bits per heavy atom. The first-order valence-electron chi connectivity index (χ1n) is 10.0. The van der Waals surface area contributed by atoms with Gasteiger partial charge in [0.25, 0.3) is 15.9 Å². The van der Waals surface area contributed by atoms with Crippen LogP contribution < -0.4 is 14.8 Å². The summed E-state index contributed by atoms with van der Waals surface area (Å²) in [7, 11) is -3.88. The number of hydrogen-bond donors (Lipinski definition) is 2. The van der Waals surface area contributed by atoms with Gasteiger partial charge in [-0.05, 0) is 86.0 Å². The monoisotopic (exact) mass is 456 g/mol. The van der Waals surface area contributed by atoms with Gasteiger partial charge in [-0.1, -0.05) is 12.1 Å². The number of sulfonamides is 1. The number of carbonyl (C=O) groups is 1. The number of nitrogens with one attached hydrogen (secondary N) is 2. The zero-order valence-corrected chi connectivity index (χ0v) is 18.9. The maximum atomic E-state index is 12.9. The van der Waals surface area contributed by atoms with Gasteiger partial charge in [0.05, 0.1) is 11.4 Å². The van der Waals surface area contributed by atoms with Gasteiger partial charge in [-0.25, -0.2) is 12.8 Å². The van der Waals surface area contributed by atoms with Crippen molar-refractivity contribution in [1.29, 1.82) is 0 Å². The predicted molar refractivity (Wildman–Crippen MR) is 122 cm³/mol. The molecule has 0 aliphatic carbocycles. The Labute approximate surface area is 187 Å². The van der Waals surface area contributed by atoms with Crippen molar-refractivity contribution in [3.63, 3.8) is 0 Å². The van der Waals surface area contributed by atoms with E-state index in [2.05, 4.69) is 10.0 Å². The molecule has 0 aromatic heterocycles. The Hall–Kier alpha value is -3.39. The van der Waals surface area contributed by atoms with E-state index < -0.39 is 15.9 Å². The van der Waals surface area contributed by atoms with Crippen LogP contribution in [0.25, 0.3) is 0 Å². The van der Waals surface area contributed by atoms with Crippen molar-refractivity contribution in [2.24, 2.45) is 0 Å². The molecule has 0 fully saturated rings. The van der Waals surface area contributed by atoms with E-state index in [1.807, 2.05) is 19.9 Å². The van der Waals surface area contributed by atoms with E-state index in [9.17, 15) is 17.6 Å². The van der Waals surface area contributed by atoms with Crippen LogP contribution in [0, 0.1) is 26.6 Å². The summed E-state index contributed by atoms with van der Waals surface area (Å²) in [4.78, 5) is 12.5. The average molecular weight is 457 g/mol. The topological polar surface area (TPSA) is 84.5 Å². The van der Waals surface area contributed by atoms with Gasteiger partial charge in [0.2, 0.25) is 0 Å². The zero-order valence-electron chi connectivity index (χ0n) is 18.1. The number of anilines is 1. The summed E-state index contributed by atoms with van der Waals surface area (Å²) in [6.45, 7) is 5.91. The second kappa shape index (κ2) is 9.82. The number of halogens is 1. The van der Waals surface area contributed by atoms with Gasteiger partial charge in [-0.2, -0.15) is 0 Å². The first-order chi connectivity index (χ1) is 15.2. The normalized spacial score (nSPS) is 11.1. The van der Waals surface area contributed by atoms with Crippen molar-refractivity contribution in [2.45, 2.75) is 25.7 Å². The Morgan fingerprint density at radius 1 is 0.906 bits per heavy atom. The highest BCUT2D eigenvalue weighted by molar-refractivity contribution is 7.92. The van der Waals surface area contributed by atoms with Crippen LogP contribution in [0.3, 0.4) is 0 Å². The van der Waals surface area contributed by atoms with E-state index >= 15 is 0 Å². The molecule has 0 saturated heterocycles. The summed E-state index contributed by atoms with van der Waals surface area (Å²) in [5.41, 5.74) is 3.24. The molecule has 2 N–H and O–H groups in total. The summed E-state index contributed by atoms with van der Waals surface area (Å²) >= 11 is 0. The number of ether oxygens (including phenoxy) is 1. The Kier molecular flexibility index (Phi) is 7.15. The summed E-state index contributed by atoms with van der Waals surface area (Å²) in [6.07, 6.45) is 0. The fraction of sp³-hybridized carbons (Fsp3) is 0.208. The van der Waals surface area contributed by atoms with Crippen molar-refractivity contribution >= 4 is 21.6 Å².